The number of carbonyl (C=O) groups is 1. The van der Waals surface area contributed by atoms with Crippen LogP contribution in [0.2, 0.25) is 0 Å². The van der Waals surface area contributed by atoms with Gasteiger partial charge in [0.15, 0.2) is 0 Å². The zero-order valence-corrected chi connectivity index (χ0v) is 13.2. The van der Waals surface area contributed by atoms with Gasteiger partial charge in [-0.15, -0.1) is 0 Å². The van der Waals surface area contributed by atoms with Crippen LogP contribution in [0.4, 0.5) is 0 Å². The lowest BCUT2D eigenvalue weighted by atomic mass is 9.96. The molecule has 0 aliphatic carbocycles. The largest absolute Gasteiger partial charge is 0.351 e. The Morgan fingerprint density at radius 1 is 1.29 bits per heavy atom. The molecule has 112 valence electrons. The Labute approximate surface area is 126 Å². The first kappa shape index (κ1) is 15.3. The molecular weight excluding hydrogens is 262 g/mol. The number of carbonyl (C=O) groups excluding carboxylic acids is 1. The highest BCUT2D eigenvalue weighted by atomic mass is 16.1. The van der Waals surface area contributed by atoms with E-state index in [1.165, 1.54) is 5.56 Å². The molecule has 1 N–H and O–H groups in total. The van der Waals surface area contributed by atoms with Crippen LogP contribution in [0.1, 0.15) is 46.6 Å². The number of nitrogens with one attached hydrogen (secondary N) is 1. The molecule has 0 aliphatic rings. The lowest BCUT2D eigenvalue weighted by Gasteiger charge is -2.16. The van der Waals surface area contributed by atoms with E-state index in [4.69, 9.17) is 0 Å². The fraction of sp³-hybridized carbons (Fsp3) is 0.412. The smallest absolute Gasteiger partial charge is 0.255 e. The van der Waals surface area contributed by atoms with Crippen molar-refractivity contribution in [3.8, 4) is 0 Å². The van der Waals surface area contributed by atoms with E-state index in [-0.39, 0.29) is 5.91 Å². The van der Waals surface area contributed by atoms with E-state index in [2.05, 4.69) is 29.5 Å². The summed E-state index contributed by atoms with van der Waals surface area (Å²) in [5.74, 6) is 0.305. The normalized spacial score (nSPS) is 12.2. The number of nitrogens with zero attached hydrogens (tertiary/aromatic N) is 2. The van der Waals surface area contributed by atoms with Crippen LogP contribution in [0.15, 0.2) is 30.3 Å². The van der Waals surface area contributed by atoms with Gasteiger partial charge in [-0.1, -0.05) is 37.3 Å². The Balaban J connectivity index is 2.06. The Bertz CT molecular complexity index is 616. The van der Waals surface area contributed by atoms with E-state index in [1.807, 2.05) is 39.1 Å². The molecule has 0 unspecified atom stereocenters. The second-order valence-corrected chi connectivity index (χ2v) is 5.40. The fourth-order valence-electron chi connectivity index (χ4n) is 2.63. The molecule has 21 heavy (non-hydrogen) atoms. The molecule has 4 nitrogen and oxygen atoms in total. The Morgan fingerprint density at radius 2 is 1.95 bits per heavy atom. The van der Waals surface area contributed by atoms with E-state index in [9.17, 15) is 4.79 Å². The van der Waals surface area contributed by atoms with Crippen LogP contribution in [0.5, 0.6) is 0 Å². The molecule has 0 saturated carbocycles. The summed E-state index contributed by atoms with van der Waals surface area (Å²) in [4.78, 5) is 12.4. The van der Waals surface area contributed by atoms with Crippen LogP contribution >= 0.6 is 0 Å². The highest BCUT2D eigenvalue weighted by Crippen LogP contribution is 2.18. The molecule has 1 heterocycles. The monoisotopic (exact) mass is 285 g/mol. The molecule has 2 rings (SSSR count). The van der Waals surface area contributed by atoms with E-state index in [0.29, 0.717) is 18.0 Å². The molecule has 1 amide bonds. The number of amides is 1. The zero-order chi connectivity index (χ0) is 15.4. The minimum Gasteiger partial charge on any atom is -0.351 e. The summed E-state index contributed by atoms with van der Waals surface area (Å²) in [6, 6.07) is 10.3. The van der Waals surface area contributed by atoms with Crippen molar-refractivity contribution in [2.45, 2.75) is 33.1 Å². The molecule has 1 aromatic heterocycles. The summed E-state index contributed by atoms with van der Waals surface area (Å²) in [6.45, 7) is 6.58. The van der Waals surface area contributed by atoms with Crippen LogP contribution in [-0.2, 0) is 7.05 Å². The number of rotatable bonds is 5. The van der Waals surface area contributed by atoms with Gasteiger partial charge in [-0.05, 0) is 25.8 Å². The van der Waals surface area contributed by atoms with Gasteiger partial charge in [0.25, 0.3) is 5.91 Å². The van der Waals surface area contributed by atoms with Gasteiger partial charge in [-0.25, -0.2) is 0 Å². The summed E-state index contributed by atoms with van der Waals surface area (Å²) in [5.41, 5.74) is 3.64. The predicted molar refractivity (Wildman–Crippen MR) is 84.5 cm³/mol. The van der Waals surface area contributed by atoms with Gasteiger partial charge < -0.3 is 5.32 Å². The maximum Gasteiger partial charge on any atom is 0.255 e. The molecule has 0 spiro atoms. The maximum atomic E-state index is 12.4. The van der Waals surface area contributed by atoms with Gasteiger partial charge in [-0.2, -0.15) is 5.10 Å². The number of aromatic nitrogens is 2. The molecule has 0 fully saturated rings. The lowest BCUT2D eigenvalue weighted by molar-refractivity contribution is 0.0949. The van der Waals surface area contributed by atoms with Crippen molar-refractivity contribution in [2.75, 3.05) is 6.54 Å². The lowest BCUT2D eigenvalue weighted by Crippen LogP contribution is -2.29. The van der Waals surface area contributed by atoms with E-state index >= 15 is 0 Å². The van der Waals surface area contributed by atoms with E-state index < -0.39 is 0 Å². The predicted octanol–water partition coefficient (Wildman–Crippen LogP) is 2.96. The van der Waals surface area contributed by atoms with Gasteiger partial charge in [0.2, 0.25) is 0 Å². The maximum absolute atomic E-state index is 12.4. The second kappa shape index (κ2) is 6.57. The third kappa shape index (κ3) is 3.32. The van der Waals surface area contributed by atoms with E-state index in [1.54, 1.807) is 4.68 Å². The first-order chi connectivity index (χ1) is 10.0. The molecule has 1 aromatic carbocycles. The van der Waals surface area contributed by atoms with Crippen LogP contribution < -0.4 is 5.32 Å². The van der Waals surface area contributed by atoms with Crippen molar-refractivity contribution < 1.29 is 4.79 Å². The molecule has 2 aromatic rings. The van der Waals surface area contributed by atoms with Crippen LogP contribution in [0, 0.1) is 13.8 Å². The second-order valence-electron chi connectivity index (χ2n) is 5.40. The number of benzene rings is 1. The molecule has 0 bridgehead atoms. The fourth-order valence-corrected chi connectivity index (χ4v) is 2.63. The Hall–Kier alpha value is -2.10. The van der Waals surface area contributed by atoms with E-state index in [0.717, 1.165) is 17.8 Å². The highest BCUT2D eigenvalue weighted by molar-refractivity contribution is 5.96. The van der Waals surface area contributed by atoms with Crippen LogP contribution in [0.3, 0.4) is 0 Å². The first-order valence-electron chi connectivity index (χ1n) is 7.38. The van der Waals surface area contributed by atoms with Crippen molar-refractivity contribution in [2.24, 2.45) is 7.05 Å². The number of hydrogen-bond acceptors (Lipinski definition) is 2. The Kier molecular flexibility index (Phi) is 4.78. The summed E-state index contributed by atoms with van der Waals surface area (Å²) >= 11 is 0. The Morgan fingerprint density at radius 3 is 2.48 bits per heavy atom. The molecule has 0 aliphatic heterocycles. The molecular formula is C17H23N3O. The summed E-state index contributed by atoms with van der Waals surface area (Å²) in [6.07, 6.45) is 0.995. The summed E-state index contributed by atoms with van der Waals surface area (Å²) < 4.78 is 1.75. The highest BCUT2D eigenvalue weighted by Gasteiger charge is 2.18. The quantitative estimate of drug-likeness (QED) is 0.918. The number of aryl methyl sites for hydroxylation is 2. The van der Waals surface area contributed by atoms with Gasteiger partial charge in [0.05, 0.1) is 11.3 Å². The average Bonchev–Trinajstić information content (AvgIpc) is 2.74. The molecule has 1 atom stereocenters. The SMILES string of the molecule is CC[C@H](CNC(=O)c1c(C)nn(C)c1C)c1ccccc1. The van der Waals surface area contributed by atoms with Crippen molar-refractivity contribution in [1.29, 1.82) is 0 Å². The molecule has 4 heteroatoms. The van der Waals surface area contributed by atoms with Crippen molar-refractivity contribution >= 4 is 5.91 Å². The van der Waals surface area contributed by atoms with Crippen molar-refractivity contribution in [1.82, 2.24) is 15.1 Å². The third-order valence-corrected chi connectivity index (χ3v) is 4.01. The van der Waals surface area contributed by atoms with Gasteiger partial charge in [0, 0.05) is 25.2 Å². The van der Waals surface area contributed by atoms with Gasteiger partial charge >= 0.3 is 0 Å². The minimum absolute atomic E-state index is 0.0347. The van der Waals surface area contributed by atoms with Crippen molar-refractivity contribution in [3.63, 3.8) is 0 Å². The minimum atomic E-state index is -0.0347. The molecule has 0 saturated heterocycles. The van der Waals surface area contributed by atoms with Crippen LogP contribution in [-0.4, -0.2) is 22.2 Å². The average molecular weight is 285 g/mol. The third-order valence-electron chi connectivity index (χ3n) is 4.01. The summed E-state index contributed by atoms with van der Waals surface area (Å²) in [7, 11) is 1.86. The molecule has 0 radical (unpaired) electrons. The first-order valence-corrected chi connectivity index (χ1v) is 7.38. The van der Waals surface area contributed by atoms with Gasteiger partial charge in [-0.3, -0.25) is 9.48 Å². The van der Waals surface area contributed by atoms with Crippen LogP contribution in [0.25, 0.3) is 0 Å². The number of hydrogen-bond donors (Lipinski definition) is 1. The standard InChI is InChI=1S/C17H23N3O/c1-5-14(15-9-7-6-8-10-15)11-18-17(21)16-12(2)19-20(4)13(16)3/h6-10,14H,5,11H2,1-4H3,(H,18,21)/t14-/m1/s1. The van der Waals surface area contributed by atoms with Crippen molar-refractivity contribution in [3.05, 3.63) is 52.8 Å². The topological polar surface area (TPSA) is 46.9 Å². The summed E-state index contributed by atoms with van der Waals surface area (Å²) in [5, 5.41) is 7.34. The van der Waals surface area contributed by atoms with Gasteiger partial charge in [0.1, 0.15) is 0 Å². The zero-order valence-electron chi connectivity index (χ0n) is 13.2.